The normalized spacial score (nSPS) is 15.2. The third-order valence-electron chi connectivity index (χ3n) is 18.4. The molecule has 12 aromatic rings. The minimum atomic E-state index is -4.47. The number of methoxy groups -OCH3 is 3. The number of carbonyl (C=O) groups excluding carboxylic acids is 3. The number of nitrogen functional groups attached to an aromatic ring is 3. The van der Waals surface area contributed by atoms with Gasteiger partial charge < -0.3 is 52.5 Å². The first-order valence-corrected chi connectivity index (χ1v) is 33.4. The van der Waals surface area contributed by atoms with Crippen molar-refractivity contribution in [2.45, 2.75) is 115 Å². The monoisotopic (exact) mass is 1400 g/mol. The van der Waals surface area contributed by atoms with Gasteiger partial charge in [-0.1, -0.05) is 110 Å². The molecule has 14 rings (SSSR count). The Balaban J connectivity index is 0.000000146. The highest BCUT2D eigenvalue weighted by atomic mass is 19.4. The van der Waals surface area contributed by atoms with Crippen molar-refractivity contribution in [3.63, 3.8) is 0 Å². The first-order chi connectivity index (χ1) is 49.7. The van der Waals surface area contributed by atoms with E-state index in [4.69, 9.17) is 41.6 Å². The number of anilines is 3. The van der Waals surface area contributed by atoms with Gasteiger partial charge in [0, 0.05) is 36.3 Å². The quantitative estimate of drug-likeness (QED) is 0.0419. The van der Waals surface area contributed by atoms with E-state index in [9.17, 15) is 32.7 Å². The smallest absolute Gasteiger partial charge is 0.408 e. The summed E-state index contributed by atoms with van der Waals surface area (Å²) in [4.78, 5) is 63.0. The summed E-state index contributed by atoms with van der Waals surface area (Å²) >= 11 is 0. The summed E-state index contributed by atoms with van der Waals surface area (Å²) < 4.78 is 59.5. The number of halogens is 3. The van der Waals surface area contributed by atoms with Gasteiger partial charge in [-0.15, -0.1) is 0 Å². The molecule has 2 aliphatic rings. The molecule has 3 amide bonds. The molecule has 0 atom stereocenters. The standard InChI is InChI=1S/C27H30N6O3.C26H28N6O2.C22H19F3N6O2/c1-27(35)13-11-19(12-14-27)33-25-22(24(28)30-16-31-25)23(32-33)18-9-7-17(8-10-18)15-29-26(34)20-5-3-4-6-21(20)36-2;1-16-13-17(11-12-18(16)14-28-26(33)20-9-5-6-10-21(20)34-2)23-22-24(27)29-15-30-25(22)32(31-23)19-7-3-4-8-19;1-33-16-5-3-2-4-15(16)21(32)27-10-13-6-8-14(9-7-13)18-17-19(26)28-12-29-20(17)31(30-18)11-22(23,24)25/h3-10,16,19,35H,11-15H2,1-2H3,(H,29,34)(H2,28,30,31);5-6,9-13,15,19H,3-4,7-8,14H2,1-2H3,(H,28,33)(H2,27,29,30);2-9,12H,10-11H2,1H3,(H,27,32)(H2,26,28,29). The maximum absolute atomic E-state index is 13.0. The van der Waals surface area contributed by atoms with Crippen LogP contribution in [0.2, 0.25) is 0 Å². The van der Waals surface area contributed by atoms with Gasteiger partial charge >= 0.3 is 6.18 Å². The maximum atomic E-state index is 13.0. The Morgan fingerprint density at radius 2 is 0.893 bits per heavy atom. The molecule has 2 aliphatic carbocycles. The summed E-state index contributed by atoms with van der Waals surface area (Å²) in [5.74, 6) is 1.75. The van der Waals surface area contributed by atoms with Crippen LogP contribution in [0.3, 0.4) is 0 Å². The Bertz CT molecular complexity index is 5040. The van der Waals surface area contributed by atoms with E-state index in [-0.39, 0.29) is 52.9 Å². The number of hydrogen-bond donors (Lipinski definition) is 7. The average Bonchev–Trinajstić information content (AvgIpc) is 1.62. The van der Waals surface area contributed by atoms with Crippen molar-refractivity contribution in [2.75, 3.05) is 38.5 Å². The molecule has 25 nitrogen and oxygen atoms in total. The summed E-state index contributed by atoms with van der Waals surface area (Å²) in [5.41, 5.74) is 28.7. The third kappa shape index (κ3) is 15.9. The van der Waals surface area contributed by atoms with Crippen molar-refractivity contribution in [2.24, 2.45) is 0 Å². The number of carbonyl (C=O) groups is 3. The SMILES string of the molecule is COc1ccccc1C(=O)NCc1ccc(-c2nn(C3CCC(C)(O)CC3)c3ncnc(N)c23)cc1.COc1ccccc1C(=O)NCc1ccc(-c2nn(C3CCCC3)c3ncnc(N)c23)cc1C.COc1ccccc1C(=O)NCc1ccc(-c2nn(CC(F)(F)F)c3ncnc(N)c23)cc1. The van der Waals surface area contributed by atoms with Crippen molar-refractivity contribution in [3.05, 3.63) is 197 Å². The van der Waals surface area contributed by atoms with Crippen molar-refractivity contribution in [1.29, 1.82) is 0 Å². The number of ether oxygens (including phenoxy) is 3. The van der Waals surface area contributed by atoms with Crippen LogP contribution in [0, 0.1) is 6.92 Å². The molecule has 0 spiro atoms. The fourth-order valence-corrected chi connectivity index (χ4v) is 13.0. The van der Waals surface area contributed by atoms with E-state index < -0.39 is 18.3 Å². The number of amides is 3. The number of nitrogens with zero attached hydrogens (tertiary/aromatic N) is 12. The predicted molar refractivity (Wildman–Crippen MR) is 384 cm³/mol. The molecule has 6 aromatic carbocycles. The molecule has 0 aliphatic heterocycles. The molecule has 2 fully saturated rings. The Morgan fingerprint density at radius 3 is 1.32 bits per heavy atom. The molecular weight excluding hydrogens is 1320 g/mol. The molecule has 2 saturated carbocycles. The second-order valence-corrected chi connectivity index (χ2v) is 25.4. The fraction of sp³-hybridized carbons (Fsp3) is 0.280. The van der Waals surface area contributed by atoms with Crippen LogP contribution in [0.5, 0.6) is 17.2 Å². The molecule has 0 saturated heterocycles. The first kappa shape index (κ1) is 70.8. The number of hydrogen-bond acceptors (Lipinski definition) is 19. The predicted octanol–water partition coefficient (Wildman–Crippen LogP) is 11.9. The maximum Gasteiger partial charge on any atom is 0.408 e. The molecule has 6 aromatic heterocycles. The molecule has 28 heteroatoms. The zero-order valence-electron chi connectivity index (χ0n) is 57.3. The van der Waals surface area contributed by atoms with Gasteiger partial charge in [0.2, 0.25) is 0 Å². The van der Waals surface area contributed by atoms with Crippen LogP contribution in [0.4, 0.5) is 30.6 Å². The highest BCUT2D eigenvalue weighted by Crippen LogP contribution is 2.41. The number of rotatable bonds is 18. The van der Waals surface area contributed by atoms with Crippen molar-refractivity contribution < 1.29 is 46.9 Å². The highest BCUT2D eigenvalue weighted by Gasteiger charge is 2.34. The minimum absolute atomic E-state index is 0.00275. The largest absolute Gasteiger partial charge is 0.496 e. The molecule has 10 N–H and O–H groups in total. The van der Waals surface area contributed by atoms with Gasteiger partial charge in [0.15, 0.2) is 16.9 Å². The van der Waals surface area contributed by atoms with Crippen LogP contribution >= 0.6 is 0 Å². The number of aliphatic hydroxyl groups is 1. The molecule has 0 radical (unpaired) electrons. The lowest BCUT2D eigenvalue weighted by molar-refractivity contribution is -0.141. The second kappa shape index (κ2) is 30.8. The van der Waals surface area contributed by atoms with E-state index in [1.807, 2.05) is 77.8 Å². The van der Waals surface area contributed by atoms with Crippen LogP contribution in [-0.2, 0) is 26.2 Å². The number of nitrogens with two attached hydrogens (primary N) is 3. The van der Waals surface area contributed by atoms with Crippen LogP contribution in [0.1, 0.15) is 124 Å². The van der Waals surface area contributed by atoms with Gasteiger partial charge in [0.05, 0.1) is 71.9 Å². The molecule has 0 bridgehead atoms. The van der Waals surface area contributed by atoms with Gasteiger partial charge in [-0.2, -0.15) is 28.5 Å². The first-order valence-electron chi connectivity index (χ1n) is 33.4. The van der Waals surface area contributed by atoms with Crippen LogP contribution in [0.15, 0.2) is 159 Å². The number of aryl methyl sites for hydroxylation is 1. The van der Waals surface area contributed by atoms with Crippen LogP contribution in [-0.4, -0.2) is 115 Å². The highest BCUT2D eigenvalue weighted by molar-refractivity contribution is 6.01. The Morgan fingerprint density at radius 1 is 0.515 bits per heavy atom. The van der Waals surface area contributed by atoms with Crippen molar-refractivity contribution in [3.8, 4) is 51.0 Å². The Kier molecular flexibility index (Phi) is 21.2. The van der Waals surface area contributed by atoms with Gasteiger partial charge in [0.1, 0.15) is 77.3 Å². The molecule has 0 unspecified atom stereocenters. The lowest BCUT2D eigenvalue weighted by atomic mass is 9.84. The Hall–Kier alpha value is -12.1. The summed E-state index contributed by atoms with van der Waals surface area (Å²) in [6, 6.07) is 42.5. The topological polar surface area (TPSA) is 344 Å². The van der Waals surface area contributed by atoms with Crippen molar-refractivity contribution >= 4 is 68.3 Å². The lowest BCUT2D eigenvalue weighted by Gasteiger charge is -2.33. The summed E-state index contributed by atoms with van der Waals surface area (Å²) in [5, 5.41) is 34.9. The van der Waals surface area contributed by atoms with Gasteiger partial charge in [-0.05, 0) is 117 Å². The summed E-state index contributed by atoms with van der Waals surface area (Å²) in [6.45, 7) is 3.64. The van der Waals surface area contributed by atoms with E-state index in [1.54, 1.807) is 93.1 Å². The minimum Gasteiger partial charge on any atom is -0.496 e. The molecule has 530 valence electrons. The van der Waals surface area contributed by atoms with E-state index >= 15 is 0 Å². The number of para-hydroxylation sites is 3. The number of alkyl halides is 3. The van der Waals surface area contributed by atoms with E-state index in [2.05, 4.69) is 57.0 Å². The number of nitrogens with one attached hydrogen (secondary N) is 3. The van der Waals surface area contributed by atoms with Gasteiger partial charge in [-0.3, -0.25) is 14.4 Å². The van der Waals surface area contributed by atoms with E-state index in [0.29, 0.717) is 88.8 Å². The molecular formula is C75H77F3N18O7. The van der Waals surface area contributed by atoms with Gasteiger partial charge in [0.25, 0.3) is 17.7 Å². The molecule has 103 heavy (non-hydrogen) atoms. The zero-order chi connectivity index (χ0) is 72.5. The number of aromatic nitrogens is 12. The molecule has 6 heterocycles. The Labute approximate surface area is 590 Å². The van der Waals surface area contributed by atoms with Crippen molar-refractivity contribution in [1.82, 2.24) is 75.2 Å². The average molecular weight is 1400 g/mol. The fourth-order valence-electron chi connectivity index (χ4n) is 13.0. The van der Waals surface area contributed by atoms with E-state index in [1.165, 1.54) is 32.6 Å². The van der Waals surface area contributed by atoms with Crippen LogP contribution < -0.4 is 47.4 Å². The number of benzene rings is 6. The third-order valence-corrected chi connectivity index (χ3v) is 18.4. The lowest BCUT2D eigenvalue weighted by Crippen LogP contribution is -2.31. The van der Waals surface area contributed by atoms with Gasteiger partial charge in [-0.25, -0.2) is 43.9 Å². The summed E-state index contributed by atoms with van der Waals surface area (Å²) in [6.07, 6.45) is 7.27. The zero-order valence-corrected chi connectivity index (χ0v) is 57.3. The van der Waals surface area contributed by atoms with Crippen LogP contribution in [0.25, 0.3) is 66.9 Å². The van der Waals surface area contributed by atoms with E-state index in [0.717, 1.165) is 97.9 Å². The number of fused-ring (bicyclic) bond motifs is 3. The second-order valence-electron chi connectivity index (χ2n) is 25.4. The summed E-state index contributed by atoms with van der Waals surface area (Å²) in [7, 11) is 4.60.